The molecule has 1 aliphatic heterocycles. The fourth-order valence-corrected chi connectivity index (χ4v) is 2.73. The summed E-state index contributed by atoms with van der Waals surface area (Å²) in [6.07, 6.45) is -0.186. The first kappa shape index (κ1) is 12.7. The van der Waals surface area contributed by atoms with Crippen LogP contribution in [0.15, 0.2) is 24.3 Å². The van der Waals surface area contributed by atoms with Gasteiger partial charge in [-0.15, -0.1) is 0 Å². The number of nitrogens with zero attached hydrogens (tertiary/aromatic N) is 2. The molecule has 6 nitrogen and oxygen atoms in total. The maximum atomic E-state index is 12.4. The second kappa shape index (κ2) is 4.35. The SMILES string of the molecule is CON1C(=O)n2c(cc3cc(C)ccc32)C1CC(=O)O. The summed E-state index contributed by atoms with van der Waals surface area (Å²) in [6.45, 7) is 1.97. The summed E-state index contributed by atoms with van der Waals surface area (Å²) in [5.74, 6) is -0.972. The summed E-state index contributed by atoms with van der Waals surface area (Å²) in [5.41, 5.74) is 2.51. The van der Waals surface area contributed by atoms with Crippen LogP contribution in [-0.2, 0) is 9.63 Å². The van der Waals surface area contributed by atoms with E-state index in [1.165, 1.54) is 11.7 Å². The minimum Gasteiger partial charge on any atom is -0.481 e. The number of aliphatic carboxylic acids is 1. The van der Waals surface area contributed by atoms with Crippen LogP contribution in [0, 0.1) is 6.92 Å². The number of aryl methyl sites for hydroxylation is 1. The molecular formula is C14H14N2O4. The third-order valence-corrected chi connectivity index (χ3v) is 3.55. The van der Waals surface area contributed by atoms with Crippen molar-refractivity contribution >= 4 is 22.9 Å². The predicted molar refractivity (Wildman–Crippen MR) is 71.3 cm³/mol. The van der Waals surface area contributed by atoms with Crippen molar-refractivity contribution in [1.82, 2.24) is 9.63 Å². The zero-order valence-corrected chi connectivity index (χ0v) is 11.2. The van der Waals surface area contributed by atoms with Gasteiger partial charge >= 0.3 is 12.0 Å². The summed E-state index contributed by atoms with van der Waals surface area (Å²) >= 11 is 0. The standard InChI is InChI=1S/C14H14N2O4/c1-8-3-4-10-9(5-8)6-11-12(7-13(17)18)16(20-2)14(19)15(10)11/h3-6,12H,7H2,1-2H3,(H,17,18). The molecule has 1 atom stereocenters. The van der Waals surface area contributed by atoms with Gasteiger partial charge in [0.25, 0.3) is 0 Å². The van der Waals surface area contributed by atoms with Crippen LogP contribution in [0.4, 0.5) is 4.79 Å². The maximum Gasteiger partial charge on any atom is 0.353 e. The van der Waals surface area contributed by atoms with Crippen LogP contribution < -0.4 is 0 Å². The van der Waals surface area contributed by atoms with Crippen LogP contribution in [0.25, 0.3) is 10.9 Å². The predicted octanol–water partition coefficient (Wildman–Crippen LogP) is 2.31. The Bertz CT molecular complexity index is 719. The third kappa shape index (κ3) is 1.69. The Morgan fingerprint density at radius 3 is 2.80 bits per heavy atom. The molecule has 1 unspecified atom stereocenters. The van der Waals surface area contributed by atoms with Crippen LogP contribution in [0.3, 0.4) is 0 Å². The van der Waals surface area contributed by atoms with Crippen molar-refractivity contribution < 1.29 is 19.5 Å². The Morgan fingerprint density at radius 1 is 1.40 bits per heavy atom. The summed E-state index contributed by atoms with van der Waals surface area (Å²) < 4.78 is 1.52. The van der Waals surface area contributed by atoms with Crippen molar-refractivity contribution in [3.05, 3.63) is 35.5 Å². The zero-order valence-electron chi connectivity index (χ0n) is 11.2. The van der Waals surface area contributed by atoms with Crippen LogP contribution in [0.1, 0.15) is 23.7 Å². The van der Waals surface area contributed by atoms with Gasteiger partial charge in [0.1, 0.15) is 6.04 Å². The minimum absolute atomic E-state index is 0.186. The van der Waals surface area contributed by atoms with Gasteiger partial charge in [-0.05, 0) is 25.1 Å². The lowest BCUT2D eigenvalue weighted by Gasteiger charge is -2.19. The van der Waals surface area contributed by atoms with Gasteiger partial charge < -0.3 is 5.11 Å². The van der Waals surface area contributed by atoms with Crippen molar-refractivity contribution in [1.29, 1.82) is 0 Å². The van der Waals surface area contributed by atoms with Gasteiger partial charge in [0, 0.05) is 5.39 Å². The highest BCUT2D eigenvalue weighted by Gasteiger charge is 2.40. The molecular weight excluding hydrogens is 260 g/mol. The number of carboxylic acids is 1. The molecule has 2 aromatic rings. The van der Waals surface area contributed by atoms with E-state index in [0.717, 1.165) is 21.5 Å². The summed E-state index contributed by atoms with van der Waals surface area (Å²) in [6, 6.07) is 6.66. The summed E-state index contributed by atoms with van der Waals surface area (Å²) in [7, 11) is 1.37. The molecule has 1 aliphatic rings. The number of hydrogen-bond acceptors (Lipinski definition) is 3. The molecule has 0 spiro atoms. The van der Waals surface area contributed by atoms with Crippen LogP contribution >= 0.6 is 0 Å². The van der Waals surface area contributed by atoms with Gasteiger partial charge in [0.05, 0.1) is 24.7 Å². The van der Waals surface area contributed by atoms with E-state index in [-0.39, 0.29) is 12.5 Å². The monoisotopic (exact) mass is 274 g/mol. The number of hydrogen-bond donors (Lipinski definition) is 1. The molecule has 0 fully saturated rings. The van der Waals surface area contributed by atoms with Crippen molar-refractivity contribution in [2.24, 2.45) is 0 Å². The van der Waals surface area contributed by atoms with E-state index >= 15 is 0 Å². The number of amides is 1. The Balaban J connectivity index is 2.19. The first-order valence-electron chi connectivity index (χ1n) is 6.24. The quantitative estimate of drug-likeness (QED) is 0.932. The van der Waals surface area contributed by atoms with Gasteiger partial charge in [0.15, 0.2) is 0 Å². The molecule has 104 valence electrons. The average Bonchev–Trinajstić information content (AvgIpc) is 2.85. The van der Waals surface area contributed by atoms with E-state index in [1.54, 1.807) is 0 Å². The van der Waals surface area contributed by atoms with E-state index in [0.29, 0.717) is 5.69 Å². The van der Waals surface area contributed by atoms with E-state index in [9.17, 15) is 9.59 Å². The third-order valence-electron chi connectivity index (χ3n) is 3.55. The minimum atomic E-state index is -0.972. The fourth-order valence-electron chi connectivity index (χ4n) is 2.73. The first-order chi connectivity index (χ1) is 9.52. The van der Waals surface area contributed by atoms with Crippen molar-refractivity contribution in [2.75, 3.05) is 7.11 Å². The second-order valence-electron chi connectivity index (χ2n) is 4.87. The van der Waals surface area contributed by atoms with Crippen LogP contribution in [-0.4, -0.2) is 33.8 Å². The maximum absolute atomic E-state index is 12.4. The lowest BCUT2D eigenvalue weighted by molar-refractivity contribution is -0.146. The highest BCUT2D eigenvalue weighted by molar-refractivity contribution is 5.95. The fraction of sp³-hybridized carbons (Fsp3) is 0.286. The highest BCUT2D eigenvalue weighted by Crippen LogP contribution is 2.37. The second-order valence-corrected chi connectivity index (χ2v) is 4.87. The summed E-state index contributed by atoms with van der Waals surface area (Å²) in [4.78, 5) is 28.4. The van der Waals surface area contributed by atoms with Gasteiger partial charge in [-0.1, -0.05) is 11.6 Å². The molecule has 1 aromatic heterocycles. The van der Waals surface area contributed by atoms with Crippen LogP contribution in [0.2, 0.25) is 0 Å². The lowest BCUT2D eigenvalue weighted by Crippen LogP contribution is -2.29. The van der Waals surface area contributed by atoms with E-state index in [2.05, 4.69) is 0 Å². The lowest BCUT2D eigenvalue weighted by atomic mass is 10.1. The number of fused-ring (bicyclic) bond motifs is 3. The molecule has 0 saturated carbocycles. The molecule has 0 bridgehead atoms. The van der Waals surface area contributed by atoms with E-state index in [4.69, 9.17) is 9.94 Å². The van der Waals surface area contributed by atoms with Gasteiger partial charge in [-0.2, -0.15) is 5.06 Å². The number of carbonyl (C=O) groups excluding carboxylic acids is 1. The number of rotatable bonds is 3. The van der Waals surface area contributed by atoms with E-state index < -0.39 is 12.0 Å². The number of hydroxylamine groups is 2. The number of benzene rings is 1. The number of carbonyl (C=O) groups is 2. The molecule has 2 heterocycles. The van der Waals surface area contributed by atoms with Crippen LogP contribution in [0.5, 0.6) is 0 Å². The van der Waals surface area contributed by atoms with Gasteiger partial charge in [-0.25, -0.2) is 4.79 Å². The molecule has 3 rings (SSSR count). The molecule has 0 aliphatic carbocycles. The van der Waals surface area contributed by atoms with E-state index in [1.807, 2.05) is 31.2 Å². The normalized spacial score (nSPS) is 17.8. The molecule has 1 amide bonds. The molecule has 20 heavy (non-hydrogen) atoms. The Hall–Kier alpha value is -2.34. The highest BCUT2D eigenvalue weighted by atomic mass is 16.7. The van der Waals surface area contributed by atoms with Gasteiger partial charge in [0.2, 0.25) is 0 Å². The Kier molecular flexibility index (Phi) is 2.76. The van der Waals surface area contributed by atoms with Crippen molar-refractivity contribution in [3.8, 4) is 0 Å². The number of aromatic nitrogens is 1. The Morgan fingerprint density at radius 2 is 2.15 bits per heavy atom. The summed E-state index contributed by atoms with van der Waals surface area (Å²) in [5, 5.41) is 11.1. The molecule has 0 saturated heterocycles. The molecule has 1 aromatic carbocycles. The van der Waals surface area contributed by atoms with Crippen molar-refractivity contribution in [2.45, 2.75) is 19.4 Å². The largest absolute Gasteiger partial charge is 0.481 e. The average molecular weight is 274 g/mol. The smallest absolute Gasteiger partial charge is 0.353 e. The van der Waals surface area contributed by atoms with Crippen molar-refractivity contribution in [3.63, 3.8) is 0 Å². The topological polar surface area (TPSA) is 71.8 Å². The zero-order chi connectivity index (χ0) is 14.4. The molecule has 0 radical (unpaired) electrons. The number of carboxylic acid groups (broad SMARTS) is 1. The Labute approximate surface area is 115 Å². The van der Waals surface area contributed by atoms with Gasteiger partial charge in [-0.3, -0.25) is 14.2 Å². The molecule has 1 N–H and O–H groups in total. The first-order valence-corrected chi connectivity index (χ1v) is 6.24. The molecule has 6 heteroatoms.